The van der Waals surface area contributed by atoms with E-state index in [2.05, 4.69) is 15.4 Å². The van der Waals surface area contributed by atoms with E-state index in [-0.39, 0.29) is 25.0 Å². The Balaban J connectivity index is 2.84. The highest BCUT2D eigenvalue weighted by atomic mass is 19.1. The average molecular weight is 394 g/mol. The minimum atomic E-state index is -1.34. The van der Waals surface area contributed by atoms with E-state index in [1.54, 1.807) is 13.0 Å². The number of carbonyl (C=O) groups excluding carboxylic acids is 3. The zero-order valence-corrected chi connectivity index (χ0v) is 15.6. The van der Waals surface area contributed by atoms with Crippen LogP contribution in [0.3, 0.4) is 0 Å². The smallest absolute Gasteiger partial charge is 0.330 e. The first-order valence-electron chi connectivity index (χ1n) is 8.61. The van der Waals surface area contributed by atoms with Crippen LogP contribution >= 0.6 is 0 Å². The number of halogens is 1. The summed E-state index contributed by atoms with van der Waals surface area (Å²) in [4.78, 5) is 46.5. The van der Waals surface area contributed by atoms with Crippen molar-refractivity contribution in [3.8, 4) is 0 Å². The standard InChI is InChI=1S/C19H23FN2O6/c1-3-28-17(24)10-6-9-15(19(26)27)22-18(25)16(21-12(2)23)11-13-7-4-5-8-14(13)20/h4-8,10,15-16H,3,9,11H2,1-2H3,(H,21,23)(H,22,25)(H,26,27)/b10-6+/t15-,16+/m0/s1. The van der Waals surface area contributed by atoms with Gasteiger partial charge in [0.15, 0.2) is 0 Å². The lowest BCUT2D eigenvalue weighted by Crippen LogP contribution is -2.52. The molecule has 0 bridgehead atoms. The molecule has 0 aliphatic carbocycles. The van der Waals surface area contributed by atoms with Crippen molar-refractivity contribution < 1.29 is 33.4 Å². The zero-order valence-electron chi connectivity index (χ0n) is 15.6. The van der Waals surface area contributed by atoms with Gasteiger partial charge < -0.3 is 20.5 Å². The molecule has 0 saturated heterocycles. The van der Waals surface area contributed by atoms with Crippen molar-refractivity contribution >= 4 is 23.8 Å². The van der Waals surface area contributed by atoms with Crippen LogP contribution < -0.4 is 10.6 Å². The van der Waals surface area contributed by atoms with Gasteiger partial charge in [-0.1, -0.05) is 24.3 Å². The van der Waals surface area contributed by atoms with E-state index in [1.807, 2.05) is 0 Å². The van der Waals surface area contributed by atoms with Crippen molar-refractivity contribution in [1.29, 1.82) is 0 Å². The van der Waals surface area contributed by atoms with Crippen molar-refractivity contribution in [3.05, 3.63) is 47.8 Å². The van der Waals surface area contributed by atoms with Crippen LogP contribution in [-0.2, 0) is 30.3 Å². The van der Waals surface area contributed by atoms with Gasteiger partial charge in [0.05, 0.1) is 6.61 Å². The van der Waals surface area contributed by atoms with Gasteiger partial charge in [-0.15, -0.1) is 0 Å². The summed E-state index contributed by atoms with van der Waals surface area (Å²) < 4.78 is 18.5. The molecule has 0 radical (unpaired) electrons. The Bertz CT molecular complexity index is 750. The van der Waals surface area contributed by atoms with E-state index in [4.69, 9.17) is 0 Å². The van der Waals surface area contributed by atoms with Crippen LogP contribution in [0.2, 0.25) is 0 Å². The molecule has 0 aliphatic rings. The topological polar surface area (TPSA) is 122 Å². The predicted molar refractivity (Wildman–Crippen MR) is 97.7 cm³/mol. The van der Waals surface area contributed by atoms with Crippen molar-refractivity contribution in [1.82, 2.24) is 10.6 Å². The van der Waals surface area contributed by atoms with Crippen LogP contribution in [0.15, 0.2) is 36.4 Å². The molecule has 9 heteroatoms. The summed E-state index contributed by atoms with van der Waals surface area (Å²) in [6.07, 6.45) is 2.01. The molecule has 3 N–H and O–H groups in total. The number of carbonyl (C=O) groups is 4. The second-order valence-electron chi connectivity index (χ2n) is 5.84. The number of esters is 1. The summed E-state index contributed by atoms with van der Waals surface area (Å²) in [6.45, 7) is 3.00. The Kier molecular flexibility index (Phi) is 9.35. The number of benzene rings is 1. The fourth-order valence-corrected chi connectivity index (χ4v) is 2.32. The molecule has 1 aromatic carbocycles. The first-order chi connectivity index (χ1) is 13.2. The number of amides is 2. The van der Waals surface area contributed by atoms with Gasteiger partial charge in [-0.2, -0.15) is 0 Å². The minimum absolute atomic E-state index is 0.150. The Morgan fingerprint density at radius 2 is 1.86 bits per heavy atom. The van der Waals surface area contributed by atoms with Gasteiger partial charge in [0, 0.05) is 19.4 Å². The van der Waals surface area contributed by atoms with Gasteiger partial charge in [0.1, 0.15) is 17.9 Å². The van der Waals surface area contributed by atoms with Crippen LogP contribution in [0.4, 0.5) is 4.39 Å². The number of aliphatic carboxylic acids is 1. The quantitative estimate of drug-likeness (QED) is 0.401. The lowest BCUT2D eigenvalue weighted by atomic mass is 10.0. The summed E-state index contributed by atoms with van der Waals surface area (Å²) in [6, 6.07) is 3.26. The van der Waals surface area contributed by atoms with Crippen molar-refractivity contribution in [2.45, 2.75) is 38.8 Å². The molecule has 1 aromatic rings. The van der Waals surface area contributed by atoms with Crippen molar-refractivity contribution in [2.24, 2.45) is 0 Å². The van der Waals surface area contributed by atoms with E-state index in [1.165, 1.54) is 31.2 Å². The maximum atomic E-state index is 13.9. The monoisotopic (exact) mass is 394 g/mol. The minimum Gasteiger partial charge on any atom is -0.480 e. The Hall–Kier alpha value is -3.23. The number of ether oxygens (including phenoxy) is 1. The van der Waals surface area contributed by atoms with Gasteiger partial charge in [-0.25, -0.2) is 14.0 Å². The molecule has 1 rings (SSSR count). The largest absolute Gasteiger partial charge is 0.480 e. The van der Waals surface area contributed by atoms with Crippen molar-refractivity contribution in [3.63, 3.8) is 0 Å². The number of hydrogen-bond donors (Lipinski definition) is 3. The third kappa shape index (κ3) is 7.98. The van der Waals surface area contributed by atoms with Crippen LogP contribution in [-0.4, -0.2) is 47.6 Å². The van der Waals surface area contributed by atoms with Gasteiger partial charge >= 0.3 is 11.9 Å². The summed E-state index contributed by atoms with van der Waals surface area (Å²) in [7, 11) is 0. The van der Waals surface area contributed by atoms with Crippen LogP contribution in [0.5, 0.6) is 0 Å². The molecule has 0 aromatic heterocycles. The molecule has 0 spiro atoms. The van der Waals surface area contributed by atoms with E-state index in [0.717, 1.165) is 6.08 Å². The molecule has 8 nitrogen and oxygen atoms in total. The zero-order chi connectivity index (χ0) is 21.1. The second-order valence-corrected chi connectivity index (χ2v) is 5.84. The Morgan fingerprint density at radius 1 is 1.18 bits per heavy atom. The molecule has 2 amide bonds. The lowest BCUT2D eigenvalue weighted by Gasteiger charge is -2.20. The number of hydrogen-bond acceptors (Lipinski definition) is 5. The molecule has 0 fully saturated rings. The van der Waals surface area contributed by atoms with Gasteiger partial charge in [0.2, 0.25) is 11.8 Å². The Morgan fingerprint density at radius 3 is 2.43 bits per heavy atom. The van der Waals surface area contributed by atoms with E-state index in [0.29, 0.717) is 0 Å². The van der Waals surface area contributed by atoms with E-state index >= 15 is 0 Å². The predicted octanol–water partition coefficient (Wildman–Crippen LogP) is 0.952. The number of nitrogens with one attached hydrogen (secondary N) is 2. The van der Waals surface area contributed by atoms with Crippen LogP contribution in [0.25, 0.3) is 0 Å². The highest BCUT2D eigenvalue weighted by Crippen LogP contribution is 2.10. The normalized spacial score (nSPS) is 12.8. The third-order valence-corrected chi connectivity index (χ3v) is 3.60. The number of rotatable bonds is 10. The summed E-state index contributed by atoms with van der Waals surface area (Å²) in [5.41, 5.74) is 0.200. The molecule has 0 heterocycles. The molecule has 0 saturated carbocycles. The lowest BCUT2D eigenvalue weighted by molar-refractivity contribution is -0.142. The van der Waals surface area contributed by atoms with Gasteiger partial charge in [-0.05, 0) is 25.0 Å². The maximum absolute atomic E-state index is 13.9. The number of carboxylic acid groups (broad SMARTS) is 1. The fraction of sp³-hybridized carbons (Fsp3) is 0.368. The second kappa shape index (κ2) is 11.5. The molecular formula is C19H23FN2O6. The molecule has 152 valence electrons. The third-order valence-electron chi connectivity index (χ3n) is 3.60. The van der Waals surface area contributed by atoms with Crippen LogP contribution in [0, 0.1) is 5.82 Å². The molecular weight excluding hydrogens is 371 g/mol. The molecule has 0 aliphatic heterocycles. The van der Waals surface area contributed by atoms with Crippen LogP contribution in [0.1, 0.15) is 25.8 Å². The molecule has 0 unspecified atom stereocenters. The first-order valence-corrected chi connectivity index (χ1v) is 8.61. The maximum Gasteiger partial charge on any atom is 0.330 e. The van der Waals surface area contributed by atoms with Crippen molar-refractivity contribution in [2.75, 3.05) is 6.61 Å². The van der Waals surface area contributed by atoms with E-state index < -0.39 is 41.7 Å². The van der Waals surface area contributed by atoms with Gasteiger partial charge in [-0.3, -0.25) is 9.59 Å². The molecule has 2 atom stereocenters. The highest BCUT2D eigenvalue weighted by molar-refractivity contribution is 5.90. The average Bonchev–Trinajstić information content (AvgIpc) is 2.61. The Labute approximate surface area is 161 Å². The summed E-state index contributed by atoms with van der Waals surface area (Å²) >= 11 is 0. The SMILES string of the molecule is CCOC(=O)/C=C/C[C@H](NC(=O)[C@@H](Cc1ccccc1F)NC(C)=O)C(=O)O. The fourth-order valence-electron chi connectivity index (χ4n) is 2.32. The van der Waals surface area contributed by atoms with E-state index in [9.17, 15) is 28.7 Å². The number of carboxylic acids is 1. The molecule has 28 heavy (non-hydrogen) atoms. The first kappa shape index (κ1) is 22.8. The van der Waals surface area contributed by atoms with Gasteiger partial charge in [0.25, 0.3) is 0 Å². The highest BCUT2D eigenvalue weighted by Gasteiger charge is 2.26. The summed E-state index contributed by atoms with van der Waals surface area (Å²) in [5.74, 6) is -3.80. The summed E-state index contributed by atoms with van der Waals surface area (Å²) in [5, 5.41) is 14.0.